The third kappa shape index (κ3) is 4.92. The molecule has 6 rings (SSSR count). The van der Waals surface area contributed by atoms with Crippen LogP contribution in [0.25, 0.3) is 12.2 Å². The number of piperidine rings is 1. The second kappa shape index (κ2) is 10.8. The predicted octanol–water partition coefficient (Wildman–Crippen LogP) is 5.76. The van der Waals surface area contributed by atoms with Crippen molar-refractivity contribution in [1.29, 1.82) is 0 Å². The molecular formula is C36H43N2O3S+. The van der Waals surface area contributed by atoms with Crippen molar-refractivity contribution in [2.45, 2.75) is 86.0 Å². The highest BCUT2D eigenvalue weighted by atomic mass is 32.2. The zero-order chi connectivity index (χ0) is 29.7. The maximum atomic E-state index is 13.2. The molecule has 2 aliphatic heterocycles. The second-order valence-corrected chi connectivity index (χ2v) is 15.6. The minimum Gasteiger partial charge on any atom is -0.444 e. The van der Waals surface area contributed by atoms with E-state index >= 15 is 0 Å². The second-order valence-electron chi connectivity index (χ2n) is 13.0. The van der Waals surface area contributed by atoms with Gasteiger partial charge < -0.3 is 19.6 Å². The van der Waals surface area contributed by atoms with Crippen LogP contribution in [0.1, 0.15) is 53.9 Å². The molecule has 2 heterocycles. The summed E-state index contributed by atoms with van der Waals surface area (Å²) in [5, 5.41) is 15.4. The SMILES string of the molecule is CCC(C)([S+]1c2ccccc2N(c2ccccc2)C2C=c3ccccc3=CC21)C1(O)CCCN(C(=O)OC(C)(C)C)C1. The quantitative estimate of drug-likeness (QED) is 0.397. The van der Waals surface area contributed by atoms with Crippen LogP contribution in [-0.2, 0) is 15.6 Å². The Balaban J connectivity index is 1.51. The molecule has 3 aliphatic rings. The topological polar surface area (TPSA) is 53.0 Å². The molecule has 6 heteroatoms. The number of amides is 1. The number of fused-ring (bicyclic) bond motifs is 3. The Morgan fingerprint density at radius 3 is 2.29 bits per heavy atom. The number of likely N-dealkylation sites (tertiary alicyclic amines) is 1. The summed E-state index contributed by atoms with van der Waals surface area (Å²) in [5.74, 6) is 0. The van der Waals surface area contributed by atoms with E-state index in [1.807, 2.05) is 20.8 Å². The largest absolute Gasteiger partial charge is 0.444 e. The highest BCUT2D eigenvalue weighted by molar-refractivity contribution is 7.99. The van der Waals surface area contributed by atoms with Crippen molar-refractivity contribution in [3.05, 3.63) is 89.3 Å². The predicted molar refractivity (Wildman–Crippen MR) is 174 cm³/mol. The van der Waals surface area contributed by atoms with Crippen molar-refractivity contribution in [3.63, 3.8) is 0 Å². The van der Waals surface area contributed by atoms with Crippen LogP contribution in [0.15, 0.2) is 83.8 Å². The first-order valence-electron chi connectivity index (χ1n) is 15.2. The number of hydrogen-bond acceptors (Lipinski definition) is 4. The van der Waals surface area contributed by atoms with E-state index in [4.69, 9.17) is 4.74 Å². The first-order valence-corrected chi connectivity index (χ1v) is 16.5. The third-order valence-electron chi connectivity index (χ3n) is 9.26. The van der Waals surface area contributed by atoms with Gasteiger partial charge in [0.05, 0.1) is 12.2 Å². The van der Waals surface area contributed by atoms with E-state index in [1.165, 1.54) is 21.0 Å². The molecule has 220 valence electrons. The van der Waals surface area contributed by atoms with Gasteiger partial charge in [-0.25, -0.2) is 4.79 Å². The zero-order valence-electron chi connectivity index (χ0n) is 25.4. The van der Waals surface area contributed by atoms with Gasteiger partial charge >= 0.3 is 6.09 Å². The first kappa shape index (κ1) is 28.9. The summed E-state index contributed by atoms with van der Waals surface area (Å²) in [5.41, 5.74) is 0.703. The molecule has 0 bridgehead atoms. The van der Waals surface area contributed by atoms with E-state index in [0.717, 1.165) is 18.5 Å². The lowest BCUT2D eigenvalue weighted by Crippen LogP contribution is -2.68. The Morgan fingerprint density at radius 1 is 0.952 bits per heavy atom. The summed E-state index contributed by atoms with van der Waals surface area (Å²) < 4.78 is 5.27. The molecule has 1 saturated heterocycles. The van der Waals surface area contributed by atoms with Gasteiger partial charge in [0.2, 0.25) is 0 Å². The van der Waals surface area contributed by atoms with Gasteiger partial charge in [0, 0.05) is 23.1 Å². The van der Waals surface area contributed by atoms with E-state index in [-0.39, 0.29) is 34.8 Å². The van der Waals surface area contributed by atoms with Crippen LogP contribution in [0, 0.1) is 0 Å². The summed E-state index contributed by atoms with van der Waals surface area (Å²) in [6.45, 7) is 11.0. The summed E-state index contributed by atoms with van der Waals surface area (Å²) >= 11 is 0. The summed E-state index contributed by atoms with van der Waals surface area (Å²) in [6.07, 6.45) is 6.73. The van der Waals surface area contributed by atoms with Crippen molar-refractivity contribution in [2.75, 3.05) is 18.0 Å². The monoisotopic (exact) mass is 583 g/mol. The van der Waals surface area contributed by atoms with Gasteiger partial charge in [0.15, 0.2) is 14.9 Å². The van der Waals surface area contributed by atoms with Crippen LogP contribution in [0.4, 0.5) is 16.2 Å². The van der Waals surface area contributed by atoms with Gasteiger partial charge in [0.1, 0.15) is 17.2 Å². The molecule has 5 nitrogen and oxygen atoms in total. The maximum absolute atomic E-state index is 13.2. The highest BCUT2D eigenvalue weighted by Crippen LogP contribution is 2.53. The fourth-order valence-corrected chi connectivity index (χ4v) is 10.7. The Kier molecular flexibility index (Phi) is 7.43. The molecule has 5 atom stereocenters. The standard InChI is InChI=1S/C36H43N2O3S/c1-6-35(5,36(40)21-14-22-37(25-36)33(39)41-34(2,3)4)42-31-20-13-12-19-29(31)38(28-17-8-7-9-18-28)30-23-26-15-10-11-16-27(26)24-32(30)42/h7-13,15-20,23-24,30,32,40H,6,14,21-22,25H2,1-5H3/q+1. The summed E-state index contributed by atoms with van der Waals surface area (Å²) in [4.78, 5) is 18.7. The van der Waals surface area contributed by atoms with Crippen LogP contribution in [-0.4, -0.2) is 56.4 Å². The maximum Gasteiger partial charge on any atom is 0.410 e. The number of anilines is 2. The molecule has 0 aromatic heterocycles. The average molecular weight is 584 g/mol. The van der Waals surface area contributed by atoms with Crippen molar-refractivity contribution >= 4 is 40.5 Å². The Hall–Kier alpha value is -3.22. The third-order valence-corrected chi connectivity index (χ3v) is 12.7. The summed E-state index contributed by atoms with van der Waals surface area (Å²) in [7, 11) is -0.383. The van der Waals surface area contributed by atoms with Crippen molar-refractivity contribution in [2.24, 2.45) is 0 Å². The molecular weight excluding hydrogens is 540 g/mol. The van der Waals surface area contributed by atoms with Crippen LogP contribution >= 0.6 is 0 Å². The van der Waals surface area contributed by atoms with E-state index in [1.54, 1.807) is 4.90 Å². The lowest BCUT2D eigenvalue weighted by Gasteiger charge is -2.52. The number of carbonyl (C=O) groups excluding carboxylic acids is 1. The Morgan fingerprint density at radius 2 is 1.60 bits per heavy atom. The normalized spacial score (nSPS) is 26.5. The molecule has 1 amide bonds. The van der Waals surface area contributed by atoms with E-state index < -0.39 is 15.9 Å². The smallest absolute Gasteiger partial charge is 0.410 e. The van der Waals surface area contributed by atoms with Gasteiger partial charge in [-0.05, 0) is 93.8 Å². The molecule has 5 unspecified atom stereocenters. The summed E-state index contributed by atoms with van der Waals surface area (Å²) in [6, 6.07) is 28.1. The van der Waals surface area contributed by atoms with Crippen LogP contribution in [0.2, 0.25) is 0 Å². The average Bonchev–Trinajstić information content (AvgIpc) is 2.98. The molecule has 3 aromatic rings. The van der Waals surface area contributed by atoms with Crippen LogP contribution < -0.4 is 15.3 Å². The number of benzene rings is 3. The van der Waals surface area contributed by atoms with Gasteiger partial charge in [-0.15, -0.1) is 0 Å². The molecule has 42 heavy (non-hydrogen) atoms. The fraction of sp³-hybridized carbons (Fsp3) is 0.417. The number of para-hydroxylation sites is 2. The number of hydrogen-bond donors (Lipinski definition) is 1. The Bertz CT molecular complexity index is 1580. The first-order chi connectivity index (χ1) is 20.0. The van der Waals surface area contributed by atoms with Crippen molar-refractivity contribution in [1.82, 2.24) is 4.90 Å². The number of nitrogens with zero attached hydrogens (tertiary/aromatic N) is 2. The van der Waals surface area contributed by atoms with Crippen LogP contribution in [0.3, 0.4) is 0 Å². The van der Waals surface area contributed by atoms with Gasteiger partial charge in [-0.2, -0.15) is 0 Å². The van der Waals surface area contributed by atoms with Gasteiger partial charge in [0.25, 0.3) is 0 Å². The van der Waals surface area contributed by atoms with E-state index in [2.05, 4.69) is 110 Å². The number of carbonyl (C=O) groups is 1. The molecule has 0 saturated carbocycles. The van der Waals surface area contributed by atoms with E-state index in [0.29, 0.717) is 13.0 Å². The lowest BCUT2D eigenvalue weighted by atomic mass is 9.79. The number of β-amino-alcohol motifs (C(OH)–C–C–N with tert-alkyl or cyclic N) is 1. The molecule has 3 aromatic carbocycles. The number of rotatable bonds is 4. The Labute approximate surface area is 252 Å². The molecule has 0 spiro atoms. The minimum atomic E-state index is -1.07. The van der Waals surface area contributed by atoms with E-state index in [9.17, 15) is 9.90 Å². The molecule has 1 aliphatic carbocycles. The van der Waals surface area contributed by atoms with Gasteiger partial charge in [-0.1, -0.05) is 61.5 Å². The lowest BCUT2D eigenvalue weighted by molar-refractivity contribution is -0.0638. The molecule has 1 fully saturated rings. The van der Waals surface area contributed by atoms with Crippen molar-refractivity contribution < 1.29 is 14.6 Å². The van der Waals surface area contributed by atoms with Crippen LogP contribution in [0.5, 0.6) is 0 Å². The number of ether oxygens (including phenoxy) is 1. The van der Waals surface area contributed by atoms with Crippen molar-refractivity contribution in [3.8, 4) is 0 Å². The molecule has 0 radical (unpaired) electrons. The highest BCUT2D eigenvalue weighted by Gasteiger charge is 2.65. The molecule has 1 N–H and O–H groups in total. The minimum absolute atomic E-state index is 0.0838. The number of aliphatic hydroxyl groups is 1. The zero-order valence-corrected chi connectivity index (χ0v) is 26.2. The fourth-order valence-electron chi connectivity index (χ4n) is 7.03. The van der Waals surface area contributed by atoms with Gasteiger partial charge in [-0.3, -0.25) is 0 Å².